The maximum absolute atomic E-state index is 12.2. The molecule has 20 heavy (non-hydrogen) atoms. The predicted molar refractivity (Wildman–Crippen MR) is 71.2 cm³/mol. The molecule has 1 aromatic rings. The second kappa shape index (κ2) is 4.93. The summed E-state index contributed by atoms with van der Waals surface area (Å²) in [5.74, 6) is -1.55. The quantitative estimate of drug-likeness (QED) is 0.806. The molecular formula is C12H16N2O5S. The van der Waals surface area contributed by atoms with Gasteiger partial charge in [-0.3, -0.25) is 9.59 Å². The van der Waals surface area contributed by atoms with Crippen molar-refractivity contribution in [2.24, 2.45) is 0 Å². The molecule has 1 amide bonds. The van der Waals surface area contributed by atoms with E-state index in [1.807, 2.05) is 0 Å². The summed E-state index contributed by atoms with van der Waals surface area (Å²) in [4.78, 5) is 22.9. The number of carboxylic acids is 1. The number of rotatable bonds is 4. The lowest BCUT2D eigenvalue weighted by molar-refractivity contribution is -0.137. The second-order valence-corrected chi connectivity index (χ2v) is 7.46. The monoisotopic (exact) mass is 300 g/mol. The fraction of sp³-hybridized carbons (Fsp3) is 0.500. The summed E-state index contributed by atoms with van der Waals surface area (Å²) in [5.41, 5.74) is -0.591. The molecular weight excluding hydrogens is 284 g/mol. The van der Waals surface area contributed by atoms with Gasteiger partial charge in [-0.2, -0.15) is 0 Å². The maximum Gasteiger partial charge on any atom is 0.323 e. The van der Waals surface area contributed by atoms with E-state index in [2.05, 4.69) is 5.32 Å². The van der Waals surface area contributed by atoms with E-state index in [9.17, 15) is 18.0 Å². The average Bonchev–Trinajstić information content (AvgIpc) is 2.82. The molecule has 0 radical (unpaired) electrons. The highest BCUT2D eigenvalue weighted by Gasteiger charge is 2.39. The van der Waals surface area contributed by atoms with Crippen LogP contribution in [0.25, 0.3) is 0 Å². The van der Waals surface area contributed by atoms with Gasteiger partial charge in [0.05, 0.1) is 17.0 Å². The smallest absolute Gasteiger partial charge is 0.323 e. The second-order valence-electron chi connectivity index (χ2n) is 5.27. The molecule has 1 aliphatic heterocycles. The molecule has 1 aromatic heterocycles. The number of nitrogens with one attached hydrogen (secondary N) is 1. The van der Waals surface area contributed by atoms with Gasteiger partial charge in [0, 0.05) is 6.20 Å². The van der Waals surface area contributed by atoms with E-state index in [-0.39, 0.29) is 23.7 Å². The molecule has 1 saturated heterocycles. The molecule has 2 N–H and O–H groups in total. The summed E-state index contributed by atoms with van der Waals surface area (Å²) in [6, 6.07) is 3.08. The highest BCUT2D eigenvalue weighted by atomic mass is 32.2. The molecule has 1 atom stereocenters. The van der Waals surface area contributed by atoms with Crippen molar-refractivity contribution in [3.63, 3.8) is 0 Å². The van der Waals surface area contributed by atoms with Gasteiger partial charge in [0.1, 0.15) is 12.2 Å². The first-order valence-corrected chi connectivity index (χ1v) is 7.93. The molecule has 0 aliphatic carbocycles. The summed E-state index contributed by atoms with van der Waals surface area (Å²) in [7, 11) is -3.11. The number of carboxylic acid groups (broad SMARTS) is 1. The molecule has 2 heterocycles. The van der Waals surface area contributed by atoms with Crippen LogP contribution < -0.4 is 5.32 Å². The van der Waals surface area contributed by atoms with Crippen molar-refractivity contribution in [2.75, 3.05) is 11.5 Å². The molecule has 0 spiro atoms. The zero-order valence-electron chi connectivity index (χ0n) is 11.0. The van der Waals surface area contributed by atoms with Crippen LogP contribution >= 0.6 is 0 Å². The Bertz CT molecular complexity index is 649. The van der Waals surface area contributed by atoms with Crippen LogP contribution in [-0.2, 0) is 21.2 Å². The normalized spacial score (nSPS) is 24.4. The lowest BCUT2D eigenvalue weighted by Crippen LogP contribution is -2.47. The van der Waals surface area contributed by atoms with Gasteiger partial charge in [-0.25, -0.2) is 8.42 Å². The summed E-state index contributed by atoms with van der Waals surface area (Å²) < 4.78 is 24.3. The molecule has 1 aliphatic rings. The third-order valence-electron chi connectivity index (χ3n) is 3.29. The number of hydrogen-bond acceptors (Lipinski definition) is 4. The summed E-state index contributed by atoms with van der Waals surface area (Å²) >= 11 is 0. The molecule has 1 unspecified atom stereocenters. The van der Waals surface area contributed by atoms with Gasteiger partial charge in [-0.1, -0.05) is 0 Å². The number of carbonyl (C=O) groups is 2. The van der Waals surface area contributed by atoms with Crippen LogP contribution in [0.15, 0.2) is 18.3 Å². The number of nitrogens with zero attached hydrogens (tertiary/aromatic N) is 1. The van der Waals surface area contributed by atoms with Gasteiger partial charge >= 0.3 is 5.97 Å². The van der Waals surface area contributed by atoms with Crippen LogP contribution in [0.3, 0.4) is 0 Å². The highest BCUT2D eigenvalue weighted by molar-refractivity contribution is 7.91. The first-order chi connectivity index (χ1) is 9.21. The van der Waals surface area contributed by atoms with E-state index in [0.29, 0.717) is 6.42 Å². The molecule has 2 rings (SSSR count). The van der Waals surface area contributed by atoms with Gasteiger partial charge in [-0.05, 0) is 25.5 Å². The van der Waals surface area contributed by atoms with Crippen LogP contribution in [0.5, 0.6) is 0 Å². The van der Waals surface area contributed by atoms with Crippen molar-refractivity contribution in [3.05, 3.63) is 24.0 Å². The van der Waals surface area contributed by atoms with Crippen LogP contribution in [0.2, 0.25) is 0 Å². The minimum Gasteiger partial charge on any atom is -0.480 e. The molecule has 0 saturated carbocycles. The fourth-order valence-corrected chi connectivity index (χ4v) is 4.44. The predicted octanol–water partition coefficient (Wildman–Crippen LogP) is -0.120. The van der Waals surface area contributed by atoms with Gasteiger partial charge in [0.2, 0.25) is 0 Å². The SMILES string of the molecule is CC1(NC(=O)c2cccn2CC(=O)O)CCS(=O)(=O)C1. The van der Waals surface area contributed by atoms with E-state index < -0.39 is 27.3 Å². The average molecular weight is 300 g/mol. The lowest BCUT2D eigenvalue weighted by atomic mass is 10.0. The van der Waals surface area contributed by atoms with E-state index >= 15 is 0 Å². The number of hydrogen-bond donors (Lipinski definition) is 2. The minimum absolute atomic E-state index is 0.0555. The Kier molecular flexibility index (Phi) is 3.59. The Balaban J connectivity index is 2.13. The number of carbonyl (C=O) groups excluding carboxylic acids is 1. The van der Waals surface area contributed by atoms with Crippen LogP contribution in [0, 0.1) is 0 Å². The Hall–Kier alpha value is -1.83. The van der Waals surface area contributed by atoms with Crippen molar-refractivity contribution in [2.45, 2.75) is 25.4 Å². The fourth-order valence-electron chi connectivity index (χ4n) is 2.35. The van der Waals surface area contributed by atoms with Crippen LogP contribution in [-0.4, -0.2) is 47.0 Å². The van der Waals surface area contributed by atoms with E-state index in [0.717, 1.165) is 0 Å². The zero-order chi connectivity index (χ0) is 15.0. The molecule has 8 heteroatoms. The van der Waals surface area contributed by atoms with E-state index in [4.69, 9.17) is 5.11 Å². The Morgan fingerprint density at radius 2 is 2.20 bits per heavy atom. The standard InChI is InChI=1S/C12H16N2O5S/c1-12(4-6-20(18,19)8-12)13-11(17)9-3-2-5-14(9)7-10(15)16/h2-3,5H,4,6-8H2,1H3,(H,13,17)(H,15,16). The third kappa shape index (κ3) is 3.19. The molecule has 0 bridgehead atoms. The van der Waals surface area contributed by atoms with Gasteiger partial charge < -0.3 is 15.0 Å². The van der Waals surface area contributed by atoms with E-state index in [1.165, 1.54) is 16.8 Å². The Morgan fingerprint density at radius 1 is 1.50 bits per heavy atom. The summed E-state index contributed by atoms with van der Waals surface area (Å²) in [6.45, 7) is 1.37. The summed E-state index contributed by atoms with van der Waals surface area (Å²) in [6.07, 6.45) is 1.86. The first kappa shape index (κ1) is 14.6. The van der Waals surface area contributed by atoms with Crippen LogP contribution in [0.1, 0.15) is 23.8 Å². The first-order valence-electron chi connectivity index (χ1n) is 6.11. The van der Waals surface area contributed by atoms with Crippen molar-refractivity contribution in [3.8, 4) is 0 Å². The maximum atomic E-state index is 12.2. The van der Waals surface area contributed by atoms with E-state index in [1.54, 1.807) is 13.0 Å². The van der Waals surface area contributed by atoms with Crippen molar-refractivity contribution in [1.29, 1.82) is 0 Å². The lowest BCUT2D eigenvalue weighted by Gasteiger charge is -2.24. The van der Waals surface area contributed by atoms with Crippen LogP contribution in [0.4, 0.5) is 0 Å². The van der Waals surface area contributed by atoms with Crippen molar-refractivity contribution < 1.29 is 23.1 Å². The highest BCUT2D eigenvalue weighted by Crippen LogP contribution is 2.23. The number of amides is 1. The van der Waals surface area contributed by atoms with Gasteiger partial charge in [-0.15, -0.1) is 0 Å². The van der Waals surface area contributed by atoms with Crippen molar-refractivity contribution in [1.82, 2.24) is 9.88 Å². The topological polar surface area (TPSA) is 105 Å². The minimum atomic E-state index is -3.11. The Labute approximate surface area is 116 Å². The molecule has 0 aromatic carbocycles. The zero-order valence-corrected chi connectivity index (χ0v) is 11.8. The molecule has 1 fully saturated rings. The van der Waals surface area contributed by atoms with Gasteiger partial charge in [0.15, 0.2) is 9.84 Å². The summed E-state index contributed by atoms with van der Waals surface area (Å²) in [5, 5.41) is 11.5. The number of aliphatic carboxylic acids is 1. The van der Waals surface area contributed by atoms with Gasteiger partial charge in [0.25, 0.3) is 5.91 Å². The number of aromatic nitrogens is 1. The van der Waals surface area contributed by atoms with Crippen molar-refractivity contribution >= 4 is 21.7 Å². The molecule has 110 valence electrons. The third-order valence-corrected chi connectivity index (χ3v) is 5.19. The molecule has 7 nitrogen and oxygen atoms in total. The largest absolute Gasteiger partial charge is 0.480 e. The number of sulfone groups is 1. The Morgan fingerprint density at radius 3 is 2.75 bits per heavy atom.